The van der Waals surface area contributed by atoms with E-state index in [0.717, 1.165) is 24.0 Å². The highest BCUT2D eigenvalue weighted by molar-refractivity contribution is 5.85. The van der Waals surface area contributed by atoms with Crippen LogP contribution in [0.4, 0.5) is 23.2 Å². The van der Waals surface area contributed by atoms with Crippen molar-refractivity contribution in [3.05, 3.63) is 65.1 Å². The second-order valence-electron chi connectivity index (χ2n) is 11.6. The van der Waals surface area contributed by atoms with Gasteiger partial charge in [-0.1, -0.05) is 0 Å². The molecule has 2 aliphatic rings. The molecule has 0 aliphatic carbocycles. The molecule has 5 rings (SSSR count). The number of aliphatic hydroxyl groups excluding tert-OH is 1. The lowest BCUT2D eigenvalue weighted by Gasteiger charge is -2.41. The number of benzene rings is 2. The molecule has 2 fully saturated rings. The monoisotopic (exact) mass is 604 g/mol. The number of ether oxygens (including phenoxy) is 2. The molecule has 43 heavy (non-hydrogen) atoms. The van der Waals surface area contributed by atoms with Crippen molar-refractivity contribution >= 4 is 16.6 Å². The molecule has 1 aromatic heterocycles. The molecule has 2 N–H and O–H groups in total. The van der Waals surface area contributed by atoms with Crippen LogP contribution < -0.4 is 10.1 Å². The number of halogens is 4. The Labute approximate surface area is 249 Å². The standard InChI is InChI=1S/C32H40F4N4O3/c1-42-24-2-3-29-25(18-24)30(22(19-38-29)20-40-12-14-43-15-13-40)26(34)4-5-32(21-41)6-9-39(10-7-32)11-8-37-31-27(35)16-23(33)17-28(31)36/h2-3,16-19,26,37,41H,4-15,20-21H2,1H3/t26-/m1/s1. The predicted octanol–water partition coefficient (Wildman–Crippen LogP) is 5.47. The Morgan fingerprint density at radius 1 is 1.05 bits per heavy atom. The number of nitrogens with zero attached hydrogens (tertiary/aromatic N) is 3. The van der Waals surface area contributed by atoms with Crippen LogP contribution in [-0.4, -0.2) is 86.1 Å². The summed E-state index contributed by atoms with van der Waals surface area (Å²) in [6, 6.07) is 6.82. The molecule has 2 aromatic carbocycles. The zero-order valence-corrected chi connectivity index (χ0v) is 24.6. The molecule has 0 unspecified atom stereocenters. The topological polar surface area (TPSA) is 70.1 Å². The lowest BCUT2D eigenvalue weighted by atomic mass is 9.74. The van der Waals surface area contributed by atoms with Gasteiger partial charge in [0.1, 0.15) is 23.4 Å². The van der Waals surface area contributed by atoms with E-state index in [4.69, 9.17) is 9.47 Å². The highest BCUT2D eigenvalue weighted by atomic mass is 19.1. The first kappa shape index (κ1) is 31.4. The molecular formula is C32H40F4N4O3. The number of anilines is 1. The first-order chi connectivity index (χ1) is 20.8. The fraction of sp³-hybridized carbons (Fsp3) is 0.531. The average Bonchev–Trinajstić information content (AvgIpc) is 3.02. The summed E-state index contributed by atoms with van der Waals surface area (Å²) >= 11 is 0. The van der Waals surface area contributed by atoms with Crippen LogP contribution in [0.15, 0.2) is 36.5 Å². The Morgan fingerprint density at radius 3 is 2.44 bits per heavy atom. The van der Waals surface area contributed by atoms with Crippen LogP contribution in [0.2, 0.25) is 0 Å². The molecule has 0 saturated carbocycles. The number of nitrogens with one attached hydrogen (secondary N) is 1. The van der Waals surface area contributed by atoms with E-state index in [2.05, 4.69) is 20.1 Å². The van der Waals surface area contributed by atoms with E-state index in [-0.39, 0.29) is 25.3 Å². The smallest absolute Gasteiger partial charge is 0.152 e. The summed E-state index contributed by atoms with van der Waals surface area (Å²) in [4.78, 5) is 9.02. The van der Waals surface area contributed by atoms with Gasteiger partial charge in [0.05, 0.1) is 25.8 Å². The molecule has 11 heteroatoms. The van der Waals surface area contributed by atoms with E-state index < -0.39 is 29.0 Å². The van der Waals surface area contributed by atoms with Crippen molar-refractivity contribution in [2.24, 2.45) is 5.41 Å². The van der Waals surface area contributed by atoms with Crippen LogP contribution in [0.25, 0.3) is 10.9 Å². The Kier molecular flexibility index (Phi) is 10.4. The van der Waals surface area contributed by atoms with Gasteiger partial charge in [-0.3, -0.25) is 9.88 Å². The van der Waals surface area contributed by atoms with Gasteiger partial charge >= 0.3 is 0 Å². The minimum absolute atomic E-state index is 0.0383. The van der Waals surface area contributed by atoms with Crippen molar-refractivity contribution in [1.82, 2.24) is 14.8 Å². The number of aliphatic hydroxyl groups is 1. The highest BCUT2D eigenvalue weighted by Crippen LogP contribution is 2.41. The summed E-state index contributed by atoms with van der Waals surface area (Å²) in [6.45, 7) is 5.55. The van der Waals surface area contributed by atoms with Crippen LogP contribution in [0.5, 0.6) is 5.75 Å². The Morgan fingerprint density at radius 2 is 1.77 bits per heavy atom. The maximum atomic E-state index is 16.4. The quantitative estimate of drug-likeness (QED) is 0.266. The van der Waals surface area contributed by atoms with E-state index in [1.54, 1.807) is 13.3 Å². The molecule has 2 saturated heterocycles. The number of likely N-dealkylation sites (tertiary alicyclic amines) is 1. The first-order valence-electron chi connectivity index (χ1n) is 14.9. The molecule has 1 atom stereocenters. The van der Waals surface area contributed by atoms with Crippen molar-refractivity contribution < 1.29 is 32.1 Å². The third-order valence-electron chi connectivity index (χ3n) is 8.93. The Balaban J connectivity index is 1.22. The van der Waals surface area contributed by atoms with Gasteiger partial charge in [0.15, 0.2) is 11.6 Å². The first-order valence-corrected chi connectivity index (χ1v) is 14.9. The Bertz CT molecular complexity index is 1360. The number of hydrogen-bond donors (Lipinski definition) is 2. The molecular weight excluding hydrogens is 564 g/mol. The van der Waals surface area contributed by atoms with Gasteiger partial charge in [-0.15, -0.1) is 0 Å². The van der Waals surface area contributed by atoms with Crippen LogP contribution in [0.3, 0.4) is 0 Å². The number of hydrogen-bond acceptors (Lipinski definition) is 7. The molecule has 2 aliphatic heterocycles. The van der Waals surface area contributed by atoms with E-state index in [1.165, 1.54) is 0 Å². The molecule has 0 spiro atoms. The second kappa shape index (κ2) is 14.2. The summed E-state index contributed by atoms with van der Waals surface area (Å²) in [7, 11) is 1.59. The predicted molar refractivity (Wildman–Crippen MR) is 157 cm³/mol. The van der Waals surface area contributed by atoms with Crippen molar-refractivity contribution in [3.8, 4) is 5.75 Å². The largest absolute Gasteiger partial charge is 0.497 e. The Hall–Kier alpha value is -2.99. The third-order valence-corrected chi connectivity index (χ3v) is 8.93. The van der Waals surface area contributed by atoms with Crippen LogP contribution in [0.1, 0.15) is 43.0 Å². The minimum Gasteiger partial charge on any atom is -0.497 e. The van der Waals surface area contributed by atoms with E-state index in [9.17, 15) is 18.3 Å². The van der Waals surface area contributed by atoms with Gasteiger partial charge < -0.3 is 24.8 Å². The summed E-state index contributed by atoms with van der Waals surface area (Å²) in [6.07, 6.45) is 2.68. The van der Waals surface area contributed by atoms with E-state index in [1.807, 2.05) is 18.2 Å². The summed E-state index contributed by atoms with van der Waals surface area (Å²) < 4.78 is 68.3. The van der Waals surface area contributed by atoms with Crippen molar-refractivity contribution in [3.63, 3.8) is 0 Å². The molecule has 7 nitrogen and oxygen atoms in total. The molecule has 3 heterocycles. The molecule has 0 radical (unpaired) electrons. The number of morpholine rings is 1. The van der Waals surface area contributed by atoms with Gasteiger partial charge in [0, 0.05) is 68.6 Å². The fourth-order valence-electron chi connectivity index (χ4n) is 6.22. The van der Waals surface area contributed by atoms with Crippen molar-refractivity contribution in [2.45, 2.75) is 38.4 Å². The summed E-state index contributed by atoms with van der Waals surface area (Å²) in [5.74, 6) is -2.25. The van der Waals surface area contributed by atoms with Gasteiger partial charge in [-0.2, -0.15) is 0 Å². The lowest BCUT2D eigenvalue weighted by molar-refractivity contribution is 0.0306. The van der Waals surface area contributed by atoms with E-state index >= 15 is 4.39 Å². The zero-order chi connectivity index (χ0) is 30.4. The number of pyridine rings is 1. The molecule has 0 bridgehead atoms. The fourth-order valence-corrected chi connectivity index (χ4v) is 6.22. The van der Waals surface area contributed by atoms with Crippen LogP contribution in [-0.2, 0) is 11.3 Å². The number of aromatic nitrogens is 1. The zero-order valence-electron chi connectivity index (χ0n) is 24.6. The van der Waals surface area contributed by atoms with Crippen molar-refractivity contribution in [2.75, 3.05) is 71.5 Å². The second-order valence-corrected chi connectivity index (χ2v) is 11.6. The maximum Gasteiger partial charge on any atom is 0.152 e. The number of rotatable bonds is 12. The minimum atomic E-state index is -1.25. The number of methoxy groups -OCH3 is 1. The number of alkyl halides is 1. The average molecular weight is 605 g/mol. The highest BCUT2D eigenvalue weighted by Gasteiger charge is 2.35. The van der Waals surface area contributed by atoms with Gasteiger partial charge in [0.25, 0.3) is 0 Å². The van der Waals surface area contributed by atoms with Crippen LogP contribution >= 0.6 is 0 Å². The lowest BCUT2D eigenvalue weighted by Crippen LogP contribution is -2.43. The summed E-state index contributed by atoms with van der Waals surface area (Å²) in [5.41, 5.74) is 1.44. The SMILES string of the molecule is COc1ccc2ncc(CN3CCOCC3)c([C@H](F)CCC3(CO)CCN(CCNc4c(F)cc(F)cc4F)CC3)c2c1. The van der Waals surface area contributed by atoms with E-state index in [0.29, 0.717) is 87.6 Å². The van der Waals surface area contributed by atoms with Gasteiger partial charge in [0.2, 0.25) is 0 Å². The van der Waals surface area contributed by atoms with Gasteiger partial charge in [-0.25, -0.2) is 17.6 Å². The van der Waals surface area contributed by atoms with Crippen LogP contribution in [0, 0.1) is 22.9 Å². The molecule has 3 aromatic rings. The number of fused-ring (bicyclic) bond motifs is 1. The number of piperidine rings is 1. The molecule has 234 valence electrons. The van der Waals surface area contributed by atoms with Gasteiger partial charge in [-0.05, 0) is 68.0 Å². The third kappa shape index (κ3) is 7.57. The maximum absolute atomic E-state index is 16.4. The molecule has 0 amide bonds. The van der Waals surface area contributed by atoms with Crippen molar-refractivity contribution in [1.29, 1.82) is 0 Å². The summed E-state index contributed by atoms with van der Waals surface area (Å²) in [5, 5.41) is 13.9. The normalized spacial score (nSPS) is 18.6.